The molecule has 2 heterocycles. The first kappa shape index (κ1) is 22.1. The molecule has 5 nitrogen and oxygen atoms in total. The molecule has 0 bridgehead atoms. The second kappa shape index (κ2) is 9.47. The average molecular weight is 428 g/mol. The third-order valence-corrected chi connectivity index (χ3v) is 6.26. The Labute approximate surface area is 182 Å². The van der Waals surface area contributed by atoms with Crippen LogP contribution in [0, 0.1) is 6.92 Å². The predicted octanol–water partition coefficient (Wildman–Crippen LogP) is 5.46. The summed E-state index contributed by atoms with van der Waals surface area (Å²) in [6.07, 6.45) is 2.87. The number of carbonyl (C=O) groups is 2. The Morgan fingerprint density at radius 3 is 2.43 bits per heavy atom. The first-order valence-electron chi connectivity index (χ1n) is 10.4. The fraction of sp³-hybridized carbons (Fsp3) is 0.417. The number of carbonyl (C=O) groups excluding carboxylic acids is 2. The van der Waals surface area contributed by atoms with Crippen LogP contribution in [0.5, 0.6) is 5.75 Å². The van der Waals surface area contributed by atoms with Gasteiger partial charge >= 0.3 is 0 Å². The monoisotopic (exact) mass is 427 g/mol. The Kier molecular flexibility index (Phi) is 6.98. The van der Waals surface area contributed by atoms with Gasteiger partial charge in [-0.3, -0.25) is 9.59 Å². The van der Waals surface area contributed by atoms with E-state index in [1.54, 1.807) is 29.2 Å². The number of aryl methyl sites for hydroxylation is 1. The van der Waals surface area contributed by atoms with E-state index in [1.807, 2.05) is 32.2 Å². The van der Waals surface area contributed by atoms with Crippen molar-refractivity contribution < 1.29 is 19.4 Å². The summed E-state index contributed by atoms with van der Waals surface area (Å²) in [6.45, 7) is 8.45. The van der Waals surface area contributed by atoms with Crippen LogP contribution in [0.3, 0.4) is 0 Å². The van der Waals surface area contributed by atoms with Crippen molar-refractivity contribution >= 4 is 28.8 Å². The maximum Gasteiger partial charge on any atom is 0.295 e. The molecule has 1 aliphatic heterocycles. The van der Waals surface area contributed by atoms with Crippen molar-refractivity contribution in [2.45, 2.75) is 59.1 Å². The average Bonchev–Trinajstić information content (AvgIpc) is 3.23. The van der Waals surface area contributed by atoms with Gasteiger partial charge in [-0.2, -0.15) is 0 Å². The number of likely N-dealkylation sites (tertiary alicyclic amines) is 1. The zero-order valence-corrected chi connectivity index (χ0v) is 18.8. The number of hydrogen-bond acceptors (Lipinski definition) is 5. The van der Waals surface area contributed by atoms with E-state index in [-0.39, 0.29) is 17.4 Å². The van der Waals surface area contributed by atoms with Gasteiger partial charge in [-0.1, -0.05) is 19.8 Å². The molecule has 0 spiro atoms. The molecule has 0 aliphatic carbocycles. The molecule has 160 valence electrons. The fourth-order valence-corrected chi connectivity index (χ4v) is 4.75. The van der Waals surface area contributed by atoms with Crippen molar-refractivity contribution in [2.75, 3.05) is 6.54 Å². The van der Waals surface area contributed by atoms with Gasteiger partial charge in [0.2, 0.25) is 0 Å². The van der Waals surface area contributed by atoms with Crippen LogP contribution >= 0.6 is 11.3 Å². The van der Waals surface area contributed by atoms with Gasteiger partial charge in [0, 0.05) is 17.0 Å². The number of Topliss-reactive ketones (excluding diaryl/α,β-unsaturated/α-hetero) is 1. The van der Waals surface area contributed by atoms with Crippen molar-refractivity contribution in [2.24, 2.45) is 0 Å². The van der Waals surface area contributed by atoms with E-state index in [1.165, 1.54) is 11.3 Å². The van der Waals surface area contributed by atoms with Crippen LogP contribution in [0.15, 0.2) is 41.3 Å². The molecule has 1 N–H and O–H groups in total. The first-order chi connectivity index (χ1) is 14.3. The summed E-state index contributed by atoms with van der Waals surface area (Å²) in [6, 6.07) is 8.39. The number of unbranched alkanes of at least 4 members (excludes halogenated alkanes) is 2. The van der Waals surface area contributed by atoms with Crippen molar-refractivity contribution in [3.63, 3.8) is 0 Å². The molecular formula is C24H29NO4S. The summed E-state index contributed by atoms with van der Waals surface area (Å²) < 4.78 is 5.65. The number of ether oxygens (including phenoxy) is 1. The molecule has 1 fully saturated rings. The highest BCUT2D eigenvalue weighted by Gasteiger charge is 2.46. The minimum atomic E-state index is -0.621. The summed E-state index contributed by atoms with van der Waals surface area (Å²) in [4.78, 5) is 28.4. The summed E-state index contributed by atoms with van der Waals surface area (Å²) in [7, 11) is 0. The third-order valence-electron chi connectivity index (χ3n) is 5.19. The Morgan fingerprint density at radius 2 is 1.87 bits per heavy atom. The van der Waals surface area contributed by atoms with Gasteiger partial charge in [-0.05, 0) is 68.5 Å². The molecule has 3 rings (SSSR count). The van der Waals surface area contributed by atoms with E-state index in [0.717, 1.165) is 29.7 Å². The molecule has 1 unspecified atom stereocenters. The highest BCUT2D eigenvalue weighted by atomic mass is 32.1. The molecule has 1 aromatic heterocycles. The molecule has 0 radical (unpaired) electrons. The lowest BCUT2D eigenvalue weighted by Gasteiger charge is -2.24. The van der Waals surface area contributed by atoms with Crippen LogP contribution in [0.2, 0.25) is 0 Å². The summed E-state index contributed by atoms with van der Waals surface area (Å²) >= 11 is 1.51. The molecular weight excluding hydrogens is 398 g/mol. The number of hydrogen-bond donors (Lipinski definition) is 1. The van der Waals surface area contributed by atoms with E-state index >= 15 is 0 Å². The Bertz CT molecular complexity index is 942. The molecule has 0 saturated carbocycles. The predicted molar refractivity (Wildman–Crippen MR) is 120 cm³/mol. The van der Waals surface area contributed by atoms with E-state index in [4.69, 9.17) is 4.74 Å². The highest BCUT2D eigenvalue weighted by Crippen LogP contribution is 2.42. The van der Waals surface area contributed by atoms with E-state index in [2.05, 4.69) is 6.92 Å². The molecule has 1 aliphatic rings. The number of benzene rings is 1. The van der Waals surface area contributed by atoms with E-state index in [9.17, 15) is 14.7 Å². The van der Waals surface area contributed by atoms with Crippen LogP contribution in [-0.4, -0.2) is 34.3 Å². The van der Waals surface area contributed by atoms with Gasteiger partial charge in [0.1, 0.15) is 11.5 Å². The molecule has 2 aromatic rings. The van der Waals surface area contributed by atoms with E-state index in [0.29, 0.717) is 17.9 Å². The maximum absolute atomic E-state index is 13.0. The third kappa shape index (κ3) is 4.43. The fourth-order valence-electron chi connectivity index (χ4n) is 3.70. The van der Waals surface area contributed by atoms with Gasteiger partial charge in [-0.25, -0.2) is 0 Å². The second-order valence-electron chi connectivity index (χ2n) is 7.86. The second-order valence-corrected chi connectivity index (χ2v) is 8.81. The van der Waals surface area contributed by atoms with E-state index < -0.39 is 17.7 Å². The van der Waals surface area contributed by atoms with Crippen molar-refractivity contribution in [3.8, 4) is 5.75 Å². The minimum Gasteiger partial charge on any atom is -0.507 e. The number of aliphatic hydroxyl groups excluding tert-OH is 1. The SMILES string of the molecule is CCCCCN1C(=O)C(=O)/C(=C(\O)c2ccc(OC(C)C)cc2)C1c1sccc1C. The topological polar surface area (TPSA) is 66.8 Å². The smallest absolute Gasteiger partial charge is 0.295 e. The molecule has 1 atom stereocenters. The summed E-state index contributed by atoms with van der Waals surface area (Å²) in [5.74, 6) is -0.609. The Morgan fingerprint density at radius 1 is 1.17 bits per heavy atom. The lowest BCUT2D eigenvalue weighted by atomic mass is 9.98. The van der Waals surface area contributed by atoms with Gasteiger partial charge in [0.05, 0.1) is 17.7 Å². The quantitative estimate of drug-likeness (QED) is 0.263. The molecule has 1 amide bonds. The van der Waals surface area contributed by atoms with Gasteiger partial charge < -0.3 is 14.7 Å². The lowest BCUT2D eigenvalue weighted by Crippen LogP contribution is -2.30. The van der Waals surface area contributed by atoms with Gasteiger partial charge in [0.15, 0.2) is 0 Å². The zero-order valence-electron chi connectivity index (χ0n) is 18.0. The largest absolute Gasteiger partial charge is 0.507 e. The highest BCUT2D eigenvalue weighted by molar-refractivity contribution is 7.10. The normalized spacial score (nSPS) is 18.4. The van der Waals surface area contributed by atoms with Crippen molar-refractivity contribution in [3.05, 3.63) is 57.3 Å². The maximum atomic E-state index is 13.0. The number of amides is 1. The summed E-state index contributed by atoms with van der Waals surface area (Å²) in [5, 5.41) is 13.0. The summed E-state index contributed by atoms with van der Waals surface area (Å²) in [5.41, 5.74) is 1.68. The number of ketones is 1. The van der Waals surface area contributed by atoms with Crippen LogP contribution in [0.4, 0.5) is 0 Å². The zero-order chi connectivity index (χ0) is 21.8. The molecule has 1 saturated heterocycles. The molecule has 30 heavy (non-hydrogen) atoms. The Hall–Kier alpha value is -2.60. The number of nitrogens with zero attached hydrogens (tertiary/aromatic N) is 1. The number of rotatable bonds is 8. The standard InChI is InChI=1S/C24H29NO4S/c1-5-6-7-13-25-20(23-16(4)12-14-30-23)19(22(27)24(25)28)21(26)17-8-10-18(11-9-17)29-15(2)3/h8-12,14-15,20,26H,5-7,13H2,1-4H3/b21-19-. The van der Waals surface area contributed by atoms with Crippen LogP contribution in [-0.2, 0) is 9.59 Å². The lowest BCUT2D eigenvalue weighted by molar-refractivity contribution is -0.139. The number of thiophene rings is 1. The molecule has 1 aromatic carbocycles. The van der Waals surface area contributed by atoms with Crippen LogP contribution in [0.1, 0.15) is 62.1 Å². The van der Waals surface area contributed by atoms with Crippen LogP contribution < -0.4 is 4.74 Å². The molecule has 6 heteroatoms. The number of aliphatic hydroxyl groups is 1. The first-order valence-corrected chi connectivity index (χ1v) is 11.3. The van der Waals surface area contributed by atoms with Crippen molar-refractivity contribution in [1.82, 2.24) is 4.90 Å². The van der Waals surface area contributed by atoms with Gasteiger partial charge in [-0.15, -0.1) is 11.3 Å². The minimum absolute atomic E-state index is 0.0414. The van der Waals surface area contributed by atoms with Crippen molar-refractivity contribution in [1.29, 1.82) is 0 Å². The van der Waals surface area contributed by atoms with Crippen LogP contribution in [0.25, 0.3) is 5.76 Å². The van der Waals surface area contributed by atoms with Gasteiger partial charge in [0.25, 0.3) is 11.7 Å². The Balaban J connectivity index is 2.04.